The lowest BCUT2D eigenvalue weighted by Gasteiger charge is -2.36. The molecule has 0 saturated carbocycles. The number of fused-ring (bicyclic) bond motifs is 1. The second kappa shape index (κ2) is 9.18. The highest BCUT2D eigenvalue weighted by Gasteiger charge is 2.31. The standard InChI is InChI=1S/C23H18BrFN6O3/c24-18-7-8-19(20-17(18)2-1-9-26-20)34-23-21(31(32)33)22(27-14-28-23)30-12-10-29(11-13-30)16-5-3-15(25)4-6-16/h1-9,14H,10-13H2. The Bertz CT molecular complexity index is 1360. The summed E-state index contributed by atoms with van der Waals surface area (Å²) in [5, 5.41) is 12.9. The van der Waals surface area contributed by atoms with Crippen molar-refractivity contribution in [2.45, 2.75) is 0 Å². The fourth-order valence-corrected chi connectivity index (χ4v) is 4.40. The second-order valence-corrected chi connectivity index (χ2v) is 8.46. The van der Waals surface area contributed by atoms with Crippen molar-refractivity contribution < 1.29 is 14.1 Å². The molecule has 2 aromatic carbocycles. The van der Waals surface area contributed by atoms with Crippen LogP contribution in [0.3, 0.4) is 0 Å². The van der Waals surface area contributed by atoms with Crippen LogP contribution >= 0.6 is 15.9 Å². The van der Waals surface area contributed by atoms with E-state index in [4.69, 9.17) is 4.74 Å². The normalized spacial score (nSPS) is 13.8. The zero-order chi connectivity index (χ0) is 23.7. The Kier molecular flexibility index (Phi) is 5.93. The Balaban J connectivity index is 1.43. The molecule has 1 saturated heterocycles. The molecule has 172 valence electrons. The zero-order valence-electron chi connectivity index (χ0n) is 17.8. The van der Waals surface area contributed by atoms with Crippen LogP contribution in [0.2, 0.25) is 0 Å². The van der Waals surface area contributed by atoms with Crippen molar-refractivity contribution in [1.29, 1.82) is 0 Å². The van der Waals surface area contributed by atoms with Gasteiger partial charge >= 0.3 is 11.6 Å². The maximum atomic E-state index is 13.2. The summed E-state index contributed by atoms with van der Waals surface area (Å²) < 4.78 is 20.0. The number of nitrogens with zero attached hydrogens (tertiary/aromatic N) is 6. The zero-order valence-corrected chi connectivity index (χ0v) is 19.4. The third-order valence-corrected chi connectivity index (χ3v) is 6.30. The van der Waals surface area contributed by atoms with Crippen LogP contribution in [0.4, 0.5) is 21.6 Å². The number of hydrogen-bond donors (Lipinski definition) is 0. The van der Waals surface area contributed by atoms with Crippen molar-refractivity contribution in [1.82, 2.24) is 15.0 Å². The van der Waals surface area contributed by atoms with Crippen molar-refractivity contribution in [2.24, 2.45) is 0 Å². The van der Waals surface area contributed by atoms with Gasteiger partial charge in [0.05, 0.1) is 4.92 Å². The molecule has 34 heavy (non-hydrogen) atoms. The maximum absolute atomic E-state index is 13.2. The van der Waals surface area contributed by atoms with Gasteiger partial charge in [-0.05, 0) is 42.5 Å². The number of pyridine rings is 1. The van der Waals surface area contributed by atoms with E-state index in [1.54, 1.807) is 36.5 Å². The lowest BCUT2D eigenvalue weighted by Crippen LogP contribution is -2.47. The molecule has 0 spiro atoms. The summed E-state index contributed by atoms with van der Waals surface area (Å²) in [6, 6.07) is 13.4. The number of hydrogen-bond acceptors (Lipinski definition) is 8. The first-order chi connectivity index (χ1) is 16.5. The molecule has 1 aliphatic heterocycles. The van der Waals surface area contributed by atoms with E-state index < -0.39 is 4.92 Å². The molecular weight excluding hydrogens is 507 g/mol. The maximum Gasteiger partial charge on any atom is 0.373 e. The predicted octanol–water partition coefficient (Wildman–Crippen LogP) is 4.95. The van der Waals surface area contributed by atoms with Gasteiger partial charge in [0.25, 0.3) is 0 Å². The highest BCUT2D eigenvalue weighted by molar-refractivity contribution is 9.10. The van der Waals surface area contributed by atoms with Gasteiger partial charge in [0.1, 0.15) is 17.7 Å². The third-order valence-electron chi connectivity index (χ3n) is 5.61. The molecule has 4 aromatic rings. The quantitative estimate of drug-likeness (QED) is 0.267. The molecule has 5 rings (SSSR count). The topological polar surface area (TPSA) is 97.5 Å². The number of halogens is 2. The molecule has 0 radical (unpaired) electrons. The summed E-state index contributed by atoms with van der Waals surface area (Å²) in [5.74, 6) is 0.112. The van der Waals surface area contributed by atoms with E-state index in [0.717, 1.165) is 15.5 Å². The van der Waals surface area contributed by atoms with Crippen molar-refractivity contribution in [3.05, 3.63) is 81.5 Å². The largest absolute Gasteiger partial charge is 0.431 e. The molecule has 11 heteroatoms. The van der Waals surface area contributed by atoms with Crippen LogP contribution in [0.25, 0.3) is 10.9 Å². The van der Waals surface area contributed by atoms with E-state index >= 15 is 0 Å². The van der Waals surface area contributed by atoms with Gasteiger partial charge in [-0.1, -0.05) is 22.0 Å². The molecular formula is C23H18BrFN6O3. The second-order valence-electron chi connectivity index (χ2n) is 7.61. The Morgan fingerprint density at radius 3 is 2.44 bits per heavy atom. The summed E-state index contributed by atoms with van der Waals surface area (Å²) >= 11 is 3.48. The van der Waals surface area contributed by atoms with E-state index in [1.807, 2.05) is 11.0 Å². The van der Waals surface area contributed by atoms with Crippen molar-refractivity contribution in [2.75, 3.05) is 36.0 Å². The molecule has 1 aliphatic rings. The van der Waals surface area contributed by atoms with Crippen LogP contribution in [-0.2, 0) is 0 Å². The summed E-state index contributed by atoms with van der Waals surface area (Å²) in [4.78, 5) is 28.1. The van der Waals surface area contributed by atoms with Crippen LogP contribution < -0.4 is 14.5 Å². The van der Waals surface area contributed by atoms with E-state index in [-0.39, 0.29) is 23.2 Å². The molecule has 1 fully saturated rings. The van der Waals surface area contributed by atoms with Gasteiger partial charge in [-0.15, -0.1) is 0 Å². The number of anilines is 2. The Hall–Kier alpha value is -3.86. The summed E-state index contributed by atoms with van der Waals surface area (Å²) in [6.07, 6.45) is 2.89. The summed E-state index contributed by atoms with van der Waals surface area (Å²) in [6.45, 7) is 2.20. The molecule has 0 amide bonds. The minimum Gasteiger partial charge on any atom is -0.431 e. The fourth-order valence-electron chi connectivity index (χ4n) is 3.95. The van der Waals surface area contributed by atoms with Crippen LogP contribution in [0.15, 0.2) is 65.5 Å². The molecule has 2 aromatic heterocycles. The number of aromatic nitrogens is 3. The van der Waals surface area contributed by atoms with Gasteiger partial charge in [0.15, 0.2) is 5.75 Å². The SMILES string of the molecule is O=[N+]([O-])c1c(Oc2ccc(Br)c3cccnc23)ncnc1N1CCN(c2ccc(F)cc2)CC1. The van der Waals surface area contributed by atoms with Gasteiger partial charge in [-0.3, -0.25) is 15.1 Å². The Morgan fingerprint density at radius 1 is 0.971 bits per heavy atom. The number of nitro groups is 1. The number of piperazine rings is 1. The highest BCUT2D eigenvalue weighted by atomic mass is 79.9. The van der Waals surface area contributed by atoms with E-state index in [0.29, 0.717) is 37.4 Å². The Labute approximate surface area is 202 Å². The molecule has 0 unspecified atom stereocenters. The monoisotopic (exact) mass is 524 g/mol. The summed E-state index contributed by atoms with van der Waals surface area (Å²) in [5.41, 5.74) is 1.15. The van der Waals surface area contributed by atoms with E-state index in [1.165, 1.54) is 18.5 Å². The minimum absolute atomic E-state index is 0.148. The van der Waals surface area contributed by atoms with Crippen LogP contribution in [0.1, 0.15) is 0 Å². The smallest absolute Gasteiger partial charge is 0.373 e. The minimum atomic E-state index is -0.522. The highest BCUT2D eigenvalue weighted by Crippen LogP contribution is 2.39. The van der Waals surface area contributed by atoms with Gasteiger partial charge < -0.3 is 14.5 Å². The van der Waals surface area contributed by atoms with Crippen molar-refractivity contribution >= 4 is 44.0 Å². The van der Waals surface area contributed by atoms with Gasteiger partial charge in [0, 0.05) is 47.9 Å². The average Bonchev–Trinajstić information content (AvgIpc) is 2.86. The van der Waals surface area contributed by atoms with Crippen LogP contribution in [0, 0.1) is 15.9 Å². The molecule has 0 aliphatic carbocycles. The molecule has 0 atom stereocenters. The first-order valence-corrected chi connectivity index (χ1v) is 11.3. The third kappa shape index (κ3) is 4.21. The lowest BCUT2D eigenvalue weighted by atomic mass is 10.2. The Morgan fingerprint density at radius 2 is 1.71 bits per heavy atom. The molecule has 0 bridgehead atoms. The first-order valence-electron chi connectivity index (χ1n) is 10.5. The van der Waals surface area contributed by atoms with Crippen LogP contribution in [0.5, 0.6) is 11.6 Å². The summed E-state index contributed by atoms with van der Waals surface area (Å²) in [7, 11) is 0. The number of rotatable bonds is 5. The lowest BCUT2D eigenvalue weighted by molar-refractivity contribution is -0.385. The number of benzene rings is 2. The molecule has 0 N–H and O–H groups in total. The van der Waals surface area contributed by atoms with Crippen LogP contribution in [-0.4, -0.2) is 46.1 Å². The van der Waals surface area contributed by atoms with Gasteiger partial charge in [-0.25, -0.2) is 9.37 Å². The fraction of sp³-hybridized carbons (Fsp3) is 0.174. The number of ether oxygens (including phenoxy) is 1. The van der Waals surface area contributed by atoms with E-state index in [2.05, 4.69) is 35.8 Å². The predicted molar refractivity (Wildman–Crippen MR) is 129 cm³/mol. The van der Waals surface area contributed by atoms with Crippen molar-refractivity contribution in [3.8, 4) is 11.6 Å². The van der Waals surface area contributed by atoms with E-state index in [9.17, 15) is 14.5 Å². The molecule has 3 heterocycles. The van der Waals surface area contributed by atoms with Gasteiger partial charge in [0.2, 0.25) is 5.82 Å². The first kappa shape index (κ1) is 22.0. The molecule has 9 nitrogen and oxygen atoms in total. The van der Waals surface area contributed by atoms with Crippen molar-refractivity contribution in [3.63, 3.8) is 0 Å². The average molecular weight is 525 g/mol. The van der Waals surface area contributed by atoms with Gasteiger partial charge in [-0.2, -0.15) is 4.98 Å².